The number of benzene rings is 1. The van der Waals surface area contributed by atoms with Crippen molar-refractivity contribution >= 4 is 21.8 Å². The van der Waals surface area contributed by atoms with Crippen LogP contribution in [0.3, 0.4) is 0 Å². The first-order valence-electron chi connectivity index (χ1n) is 6.76. The monoisotopic (exact) mass is 315 g/mol. The summed E-state index contributed by atoms with van der Waals surface area (Å²) in [6.07, 6.45) is 0.0304. The zero-order valence-corrected chi connectivity index (χ0v) is 12.8. The maximum absolute atomic E-state index is 12.8. The normalized spacial score (nSPS) is 19.1. The zero-order chi connectivity index (χ0) is 15.6. The lowest BCUT2D eigenvalue weighted by Gasteiger charge is -2.20. The van der Waals surface area contributed by atoms with Gasteiger partial charge in [-0.2, -0.15) is 8.42 Å². The Balaban J connectivity index is 2.26. The molecule has 0 aliphatic carbocycles. The number of carbonyl (C=O) groups is 1. The van der Waals surface area contributed by atoms with E-state index in [2.05, 4.69) is 0 Å². The molecule has 21 heavy (non-hydrogen) atoms. The van der Waals surface area contributed by atoms with Crippen LogP contribution < -0.4 is 9.64 Å². The van der Waals surface area contributed by atoms with Crippen molar-refractivity contribution in [3.8, 4) is 5.75 Å². The van der Waals surface area contributed by atoms with Crippen LogP contribution >= 0.6 is 0 Å². The van der Waals surface area contributed by atoms with Gasteiger partial charge in [-0.3, -0.25) is 4.79 Å². The summed E-state index contributed by atoms with van der Waals surface area (Å²) in [5, 5.41) is 0. The van der Waals surface area contributed by atoms with E-state index in [0.717, 1.165) is 5.56 Å². The van der Waals surface area contributed by atoms with Crippen LogP contribution in [0.5, 0.6) is 5.75 Å². The molecule has 1 aromatic rings. The summed E-state index contributed by atoms with van der Waals surface area (Å²) in [5.41, 5.74) is 1.57. The largest absolute Gasteiger partial charge is 0.492 e. The Kier molecular flexibility index (Phi) is 4.51. The Bertz CT molecular complexity index is 644. The van der Waals surface area contributed by atoms with Crippen LogP contribution in [0.15, 0.2) is 18.2 Å². The SMILES string of the molecule is CCOc1ccc(C)cc1N1CC(CS(=O)(=O)F)CC1=O. The molecule has 0 bridgehead atoms. The predicted octanol–water partition coefficient (Wildman–Crippen LogP) is 2.05. The van der Waals surface area contributed by atoms with Gasteiger partial charge in [-0.1, -0.05) is 6.07 Å². The van der Waals surface area contributed by atoms with E-state index in [9.17, 15) is 17.1 Å². The van der Waals surface area contributed by atoms with Gasteiger partial charge in [0.15, 0.2) is 0 Å². The molecule has 0 saturated carbocycles. The minimum Gasteiger partial charge on any atom is -0.492 e. The predicted molar refractivity (Wildman–Crippen MR) is 77.7 cm³/mol. The molecule has 0 radical (unpaired) electrons. The second-order valence-corrected chi connectivity index (χ2v) is 6.60. The molecular weight excluding hydrogens is 297 g/mol. The lowest BCUT2D eigenvalue weighted by molar-refractivity contribution is -0.117. The van der Waals surface area contributed by atoms with Gasteiger partial charge in [0.1, 0.15) is 5.75 Å². The van der Waals surface area contributed by atoms with Gasteiger partial charge in [-0.25, -0.2) is 0 Å². The Morgan fingerprint density at radius 2 is 2.14 bits per heavy atom. The molecule has 0 aromatic heterocycles. The van der Waals surface area contributed by atoms with Gasteiger partial charge in [0.2, 0.25) is 5.91 Å². The van der Waals surface area contributed by atoms with E-state index in [0.29, 0.717) is 18.0 Å². The first-order chi connectivity index (χ1) is 9.80. The summed E-state index contributed by atoms with van der Waals surface area (Å²) in [6.45, 7) is 4.38. The van der Waals surface area contributed by atoms with Crippen molar-refractivity contribution in [3.05, 3.63) is 23.8 Å². The topological polar surface area (TPSA) is 63.7 Å². The quantitative estimate of drug-likeness (QED) is 0.780. The molecule has 7 heteroatoms. The summed E-state index contributed by atoms with van der Waals surface area (Å²) in [5.74, 6) is -0.789. The van der Waals surface area contributed by atoms with E-state index in [-0.39, 0.29) is 18.9 Å². The van der Waals surface area contributed by atoms with Crippen molar-refractivity contribution in [3.63, 3.8) is 0 Å². The lowest BCUT2D eigenvalue weighted by atomic mass is 10.1. The summed E-state index contributed by atoms with van der Waals surface area (Å²) in [4.78, 5) is 13.6. The van der Waals surface area contributed by atoms with Crippen molar-refractivity contribution in [2.45, 2.75) is 20.3 Å². The lowest BCUT2D eigenvalue weighted by Crippen LogP contribution is -2.26. The third-order valence-corrected chi connectivity index (χ3v) is 4.21. The summed E-state index contributed by atoms with van der Waals surface area (Å²) in [6, 6.07) is 5.47. The van der Waals surface area contributed by atoms with Gasteiger partial charge in [-0.05, 0) is 31.5 Å². The maximum Gasteiger partial charge on any atom is 0.302 e. The highest BCUT2D eigenvalue weighted by Crippen LogP contribution is 2.34. The van der Waals surface area contributed by atoms with Crippen molar-refractivity contribution in [2.75, 3.05) is 23.8 Å². The molecule has 1 fully saturated rings. The number of nitrogens with zero attached hydrogens (tertiary/aromatic N) is 1. The molecule has 2 rings (SSSR count). The molecule has 116 valence electrons. The van der Waals surface area contributed by atoms with Crippen LogP contribution in [-0.2, 0) is 15.0 Å². The first-order valence-corrected chi connectivity index (χ1v) is 8.31. The molecule has 1 atom stereocenters. The van der Waals surface area contributed by atoms with E-state index >= 15 is 0 Å². The number of halogens is 1. The molecular formula is C14H18FNO4S. The Morgan fingerprint density at radius 3 is 2.76 bits per heavy atom. The number of amides is 1. The second kappa shape index (κ2) is 6.01. The fourth-order valence-corrected chi connectivity index (χ4v) is 3.31. The van der Waals surface area contributed by atoms with Crippen LogP contribution in [-0.4, -0.2) is 33.2 Å². The summed E-state index contributed by atoms with van der Waals surface area (Å²) < 4.78 is 39.8. The summed E-state index contributed by atoms with van der Waals surface area (Å²) in [7, 11) is -4.58. The third-order valence-electron chi connectivity index (χ3n) is 3.34. The Labute approximate surface area is 123 Å². The van der Waals surface area contributed by atoms with Crippen molar-refractivity contribution in [1.29, 1.82) is 0 Å². The van der Waals surface area contributed by atoms with Gasteiger partial charge >= 0.3 is 10.2 Å². The van der Waals surface area contributed by atoms with Gasteiger partial charge in [0.25, 0.3) is 0 Å². The molecule has 1 aromatic carbocycles. The van der Waals surface area contributed by atoms with Crippen LogP contribution in [0, 0.1) is 12.8 Å². The van der Waals surface area contributed by atoms with E-state index in [1.54, 1.807) is 6.07 Å². The van der Waals surface area contributed by atoms with Crippen LogP contribution in [0.2, 0.25) is 0 Å². The smallest absolute Gasteiger partial charge is 0.302 e. The number of aryl methyl sites for hydroxylation is 1. The van der Waals surface area contributed by atoms with Crippen molar-refractivity contribution in [2.24, 2.45) is 5.92 Å². The van der Waals surface area contributed by atoms with E-state index in [1.807, 2.05) is 26.0 Å². The van der Waals surface area contributed by atoms with E-state index in [1.165, 1.54) is 4.90 Å². The standard InChI is InChI=1S/C14H18FNO4S/c1-3-20-13-5-4-10(2)6-12(13)16-8-11(7-14(16)17)9-21(15,18)19/h4-6,11H,3,7-9H2,1-2H3. The molecule has 1 aliphatic heterocycles. The fraction of sp³-hybridized carbons (Fsp3) is 0.500. The average molecular weight is 315 g/mol. The molecule has 1 aliphatic rings. The number of carbonyl (C=O) groups excluding carboxylic acids is 1. The molecule has 1 unspecified atom stereocenters. The van der Waals surface area contributed by atoms with Gasteiger partial charge in [-0.15, -0.1) is 3.89 Å². The van der Waals surface area contributed by atoms with Gasteiger partial charge in [0.05, 0.1) is 18.0 Å². The zero-order valence-electron chi connectivity index (χ0n) is 12.0. The minimum atomic E-state index is -4.58. The van der Waals surface area contributed by atoms with Crippen LogP contribution in [0.25, 0.3) is 0 Å². The first kappa shape index (κ1) is 15.8. The van der Waals surface area contributed by atoms with Gasteiger partial charge in [0, 0.05) is 18.9 Å². The third kappa shape index (κ3) is 3.93. The van der Waals surface area contributed by atoms with Crippen LogP contribution in [0.4, 0.5) is 9.57 Å². The second-order valence-electron chi connectivity index (χ2n) is 5.18. The molecule has 0 N–H and O–H groups in total. The Morgan fingerprint density at radius 1 is 1.43 bits per heavy atom. The van der Waals surface area contributed by atoms with Gasteiger partial charge < -0.3 is 9.64 Å². The highest BCUT2D eigenvalue weighted by atomic mass is 32.3. The Hall–Kier alpha value is -1.63. The molecule has 1 heterocycles. The molecule has 0 spiro atoms. The highest BCUT2D eigenvalue weighted by molar-refractivity contribution is 7.86. The number of rotatable bonds is 5. The number of ether oxygens (including phenoxy) is 1. The number of hydrogen-bond donors (Lipinski definition) is 0. The van der Waals surface area contributed by atoms with E-state index in [4.69, 9.17) is 4.74 Å². The van der Waals surface area contributed by atoms with E-state index < -0.39 is 21.9 Å². The highest BCUT2D eigenvalue weighted by Gasteiger charge is 2.34. The molecule has 1 amide bonds. The van der Waals surface area contributed by atoms with Crippen molar-refractivity contribution < 1.29 is 21.8 Å². The van der Waals surface area contributed by atoms with Crippen LogP contribution in [0.1, 0.15) is 18.9 Å². The number of hydrogen-bond acceptors (Lipinski definition) is 4. The minimum absolute atomic E-state index is 0.0304. The summed E-state index contributed by atoms with van der Waals surface area (Å²) >= 11 is 0. The number of anilines is 1. The fourth-order valence-electron chi connectivity index (χ4n) is 2.52. The molecule has 5 nitrogen and oxygen atoms in total. The molecule has 1 saturated heterocycles. The maximum atomic E-state index is 12.8. The van der Waals surface area contributed by atoms with Crippen molar-refractivity contribution in [1.82, 2.24) is 0 Å². The average Bonchev–Trinajstić information content (AvgIpc) is 2.70.